The van der Waals surface area contributed by atoms with Crippen LogP contribution in [0.15, 0.2) is 89.8 Å². The van der Waals surface area contributed by atoms with Gasteiger partial charge < -0.3 is 10.2 Å². The summed E-state index contributed by atoms with van der Waals surface area (Å²) in [7, 11) is -4.06. The second-order valence-corrected chi connectivity index (χ2v) is 11.7. The molecule has 0 aliphatic heterocycles. The Labute approximate surface area is 232 Å². The van der Waals surface area contributed by atoms with Gasteiger partial charge in [0.25, 0.3) is 10.0 Å². The van der Waals surface area contributed by atoms with Gasteiger partial charge in [0.2, 0.25) is 11.8 Å². The van der Waals surface area contributed by atoms with Crippen LogP contribution in [0.25, 0.3) is 0 Å². The Kier molecular flexibility index (Phi) is 10.7. The highest BCUT2D eigenvalue weighted by Gasteiger charge is 2.32. The molecular formula is C31H39N3O4S. The average Bonchev–Trinajstić information content (AvgIpc) is 2.95. The van der Waals surface area contributed by atoms with E-state index >= 15 is 0 Å². The molecule has 1 N–H and O–H groups in total. The molecule has 0 radical (unpaired) electrons. The summed E-state index contributed by atoms with van der Waals surface area (Å²) in [6.45, 7) is 8.11. The molecule has 0 aromatic heterocycles. The number of rotatable bonds is 13. The monoisotopic (exact) mass is 549 g/mol. The van der Waals surface area contributed by atoms with Crippen LogP contribution in [0.1, 0.15) is 51.2 Å². The van der Waals surface area contributed by atoms with Gasteiger partial charge in [-0.3, -0.25) is 13.9 Å². The highest BCUT2D eigenvalue weighted by Crippen LogP contribution is 2.26. The maximum atomic E-state index is 13.9. The second-order valence-electron chi connectivity index (χ2n) is 9.86. The van der Waals surface area contributed by atoms with Gasteiger partial charge in [0, 0.05) is 13.1 Å². The van der Waals surface area contributed by atoms with Crippen molar-refractivity contribution in [2.75, 3.05) is 23.9 Å². The molecular weight excluding hydrogens is 510 g/mol. The Bertz CT molecular complexity index is 1310. The minimum atomic E-state index is -4.06. The van der Waals surface area contributed by atoms with Crippen LogP contribution < -0.4 is 9.62 Å². The van der Waals surface area contributed by atoms with E-state index in [1.807, 2.05) is 49.4 Å². The normalized spacial score (nSPS) is 12.1. The molecule has 0 saturated carbocycles. The Morgan fingerprint density at radius 3 is 2.00 bits per heavy atom. The van der Waals surface area contributed by atoms with Crippen molar-refractivity contribution in [3.8, 4) is 0 Å². The van der Waals surface area contributed by atoms with Gasteiger partial charge in [-0.05, 0) is 61.1 Å². The van der Waals surface area contributed by atoms with Crippen molar-refractivity contribution < 1.29 is 18.0 Å². The first-order valence-electron chi connectivity index (χ1n) is 13.4. The summed E-state index contributed by atoms with van der Waals surface area (Å²) >= 11 is 0. The highest BCUT2D eigenvalue weighted by atomic mass is 32.2. The number of anilines is 1. The van der Waals surface area contributed by atoms with E-state index in [0.29, 0.717) is 18.7 Å². The molecule has 0 fully saturated rings. The summed E-state index contributed by atoms with van der Waals surface area (Å²) in [5, 5.41) is 2.86. The third-order valence-electron chi connectivity index (χ3n) is 6.66. The van der Waals surface area contributed by atoms with Crippen LogP contribution in [-0.2, 0) is 26.0 Å². The van der Waals surface area contributed by atoms with Crippen LogP contribution >= 0.6 is 0 Å². The van der Waals surface area contributed by atoms with Gasteiger partial charge in [-0.2, -0.15) is 0 Å². The second kappa shape index (κ2) is 13.9. The number of hydrogen-bond acceptors (Lipinski definition) is 4. The third kappa shape index (κ3) is 7.93. The zero-order valence-electron chi connectivity index (χ0n) is 23.2. The molecule has 0 aliphatic carbocycles. The van der Waals surface area contributed by atoms with Crippen LogP contribution in [0, 0.1) is 0 Å². The quantitative estimate of drug-likeness (QED) is 0.325. The maximum absolute atomic E-state index is 13.9. The molecule has 208 valence electrons. The molecule has 0 heterocycles. The number of hydrogen-bond donors (Lipinski definition) is 1. The Hall–Kier alpha value is -3.65. The first-order chi connectivity index (χ1) is 18.6. The van der Waals surface area contributed by atoms with Gasteiger partial charge >= 0.3 is 0 Å². The van der Waals surface area contributed by atoms with Crippen molar-refractivity contribution in [3.05, 3.63) is 96.1 Å². The molecule has 0 spiro atoms. The highest BCUT2D eigenvalue weighted by molar-refractivity contribution is 7.92. The summed E-state index contributed by atoms with van der Waals surface area (Å²) in [6.07, 6.45) is 1.30. The van der Waals surface area contributed by atoms with Crippen molar-refractivity contribution in [3.63, 3.8) is 0 Å². The predicted octanol–water partition coefficient (Wildman–Crippen LogP) is 4.99. The molecule has 0 saturated heterocycles. The minimum absolute atomic E-state index is 0.0929. The summed E-state index contributed by atoms with van der Waals surface area (Å²) in [6, 6.07) is 24.2. The van der Waals surface area contributed by atoms with Gasteiger partial charge in [0.1, 0.15) is 12.6 Å². The molecule has 2 amide bonds. The van der Waals surface area contributed by atoms with Crippen molar-refractivity contribution in [2.24, 2.45) is 0 Å². The van der Waals surface area contributed by atoms with Crippen molar-refractivity contribution in [1.29, 1.82) is 0 Å². The molecule has 8 heteroatoms. The number of nitrogens with one attached hydrogen (secondary N) is 1. The summed E-state index contributed by atoms with van der Waals surface area (Å²) in [5.41, 5.74) is 2.48. The lowest BCUT2D eigenvalue weighted by Crippen LogP contribution is -2.52. The SMILES string of the molecule is CCCNC(=O)C(C)N(CCc1ccccc1)C(=O)CN(c1ccc(C(C)C)cc1)S(=O)(=O)c1ccccc1. The summed E-state index contributed by atoms with van der Waals surface area (Å²) in [4.78, 5) is 28.3. The molecule has 1 unspecified atom stereocenters. The minimum Gasteiger partial charge on any atom is -0.354 e. The average molecular weight is 550 g/mol. The van der Waals surface area contributed by atoms with Crippen molar-refractivity contribution in [2.45, 2.75) is 57.4 Å². The summed E-state index contributed by atoms with van der Waals surface area (Å²) in [5.74, 6) is -0.439. The van der Waals surface area contributed by atoms with Gasteiger partial charge in [0.05, 0.1) is 10.6 Å². The fourth-order valence-corrected chi connectivity index (χ4v) is 5.68. The first kappa shape index (κ1) is 29.9. The van der Waals surface area contributed by atoms with Crippen LogP contribution in [0.3, 0.4) is 0 Å². The smallest absolute Gasteiger partial charge is 0.264 e. The van der Waals surface area contributed by atoms with Crippen LogP contribution in [0.5, 0.6) is 0 Å². The standard InChI is InChI=1S/C31H39N3O4S/c1-5-21-32-31(36)25(4)33(22-20-26-12-8-6-9-13-26)30(35)23-34(28-18-16-27(17-19-28)24(2)3)39(37,38)29-14-10-7-11-15-29/h6-19,24-25H,5,20-23H2,1-4H3,(H,32,36). The molecule has 1 atom stereocenters. The number of amides is 2. The van der Waals surface area contributed by atoms with Gasteiger partial charge in [-0.1, -0.05) is 81.4 Å². The number of carbonyl (C=O) groups excluding carboxylic acids is 2. The topological polar surface area (TPSA) is 86.8 Å². The lowest BCUT2D eigenvalue weighted by atomic mass is 10.0. The van der Waals surface area contributed by atoms with Gasteiger partial charge in [-0.25, -0.2) is 8.42 Å². The van der Waals surface area contributed by atoms with Gasteiger partial charge in [-0.15, -0.1) is 0 Å². The van der Waals surface area contributed by atoms with Crippen molar-refractivity contribution in [1.82, 2.24) is 10.2 Å². The molecule has 3 aromatic carbocycles. The van der Waals surface area contributed by atoms with E-state index in [9.17, 15) is 18.0 Å². The van der Waals surface area contributed by atoms with Crippen LogP contribution in [0.4, 0.5) is 5.69 Å². The Morgan fingerprint density at radius 2 is 1.44 bits per heavy atom. The van der Waals surface area contributed by atoms with E-state index in [4.69, 9.17) is 0 Å². The summed E-state index contributed by atoms with van der Waals surface area (Å²) < 4.78 is 28.8. The zero-order chi connectivity index (χ0) is 28.4. The first-order valence-corrected chi connectivity index (χ1v) is 14.9. The van der Waals surface area contributed by atoms with E-state index in [-0.39, 0.29) is 23.3 Å². The number of nitrogens with zero attached hydrogens (tertiary/aromatic N) is 2. The Morgan fingerprint density at radius 1 is 0.846 bits per heavy atom. The largest absolute Gasteiger partial charge is 0.354 e. The molecule has 0 aliphatic rings. The lowest BCUT2D eigenvalue weighted by Gasteiger charge is -2.32. The number of carbonyl (C=O) groups is 2. The predicted molar refractivity (Wildman–Crippen MR) is 156 cm³/mol. The fraction of sp³-hybridized carbons (Fsp3) is 0.355. The molecule has 3 aromatic rings. The Balaban J connectivity index is 1.96. The molecule has 39 heavy (non-hydrogen) atoms. The van der Waals surface area contributed by atoms with E-state index in [1.54, 1.807) is 37.3 Å². The van der Waals surface area contributed by atoms with Gasteiger partial charge in [0.15, 0.2) is 0 Å². The number of benzene rings is 3. The maximum Gasteiger partial charge on any atom is 0.264 e. The van der Waals surface area contributed by atoms with Crippen LogP contribution in [-0.4, -0.2) is 50.8 Å². The lowest BCUT2D eigenvalue weighted by molar-refractivity contribution is -0.138. The molecule has 0 bridgehead atoms. The molecule has 7 nitrogen and oxygen atoms in total. The number of sulfonamides is 1. The van der Waals surface area contributed by atoms with E-state index < -0.39 is 28.5 Å². The third-order valence-corrected chi connectivity index (χ3v) is 8.45. The van der Waals surface area contributed by atoms with E-state index in [2.05, 4.69) is 19.2 Å². The molecule has 3 rings (SSSR count). The van der Waals surface area contributed by atoms with Crippen molar-refractivity contribution >= 4 is 27.5 Å². The fourth-order valence-electron chi connectivity index (χ4n) is 4.24. The van der Waals surface area contributed by atoms with Crippen LogP contribution in [0.2, 0.25) is 0 Å². The van der Waals surface area contributed by atoms with E-state index in [1.165, 1.54) is 17.0 Å². The van der Waals surface area contributed by atoms with E-state index in [0.717, 1.165) is 21.9 Å². The zero-order valence-corrected chi connectivity index (χ0v) is 24.0.